The van der Waals surface area contributed by atoms with Crippen LogP contribution in [0.3, 0.4) is 0 Å². The van der Waals surface area contributed by atoms with Crippen molar-refractivity contribution in [1.29, 1.82) is 0 Å². The predicted octanol–water partition coefficient (Wildman–Crippen LogP) is 5.38. The molecule has 0 N–H and O–H groups in total. The lowest BCUT2D eigenvalue weighted by molar-refractivity contribution is -0.428. The van der Waals surface area contributed by atoms with Crippen molar-refractivity contribution in [3.63, 3.8) is 0 Å². The molecular formula is C20H33NO6. The fourth-order valence-electron chi connectivity index (χ4n) is 2.84. The monoisotopic (exact) mass is 383 g/mol. The van der Waals surface area contributed by atoms with Gasteiger partial charge < -0.3 is 14.2 Å². The molecule has 0 heterocycles. The lowest BCUT2D eigenvalue weighted by atomic mass is 9.85. The van der Waals surface area contributed by atoms with Gasteiger partial charge >= 0.3 is 6.16 Å². The number of hydrogen-bond acceptors (Lipinski definition) is 6. The summed E-state index contributed by atoms with van der Waals surface area (Å²) in [5, 5.41) is 10.6. The molecule has 0 aromatic rings. The molecule has 0 amide bonds. The number of allylic oxidation sites excluding steroid dienone is 4. The molecule has 0 unspecified atom stereocenters. The largest absolute Gasteiger partial charge is 0.513 e. The van der Waals surface area contributed by atoms with E-state index in [0.29, 0.717) is 25.2 Å². The Bertz CT molecular complexity index is 577. The first kappa shape index (κ1) is 23.1. The fraction of sp³-hybridized carbons (Fsp3) is 0.750. The van der Waals surface area contributed by atoms with Gasteiger partial charge in [-0.1, -0.05) is 27.2 Å². The molecule has 0 aromatic heterocycles. The van der Waals surface area contributed by atoms with Gasteiger partial charge in [-0.25, -0.2) is 4.79 Å². The quantitative estimate of drug-likeness (QED) is 0.270. The molecule has 27 heavy (non-hydrogen) atoms. The lowest BCUT2D eigenvalue weighted by Gasteiger charge is -2.29. The second-order valence-electron chi connectivity index (χ2n) is 8.27. The highest BCUT2D eigenvalue weighted by Crippen LogP contribution is 2.28. The minimum atomic E-state index is -0.793. The van der Waals surface area contributed by atoms with Crippen molar-refractivity contribution in [2.24, 2.45) is 5.41 Å². The van der Waals surface area contributed by atoms with E-state index < -0.39 is 16.7 Å². The Morgan fingerprint density at radius 1 is 1.11 bits per heavy atom. The number of rotatable bonds is 11. The highest BCUT2D eigenvalue weighted by atomic mass is 16.7. The van der Waals surface area contributed by atoms with Crippen molar-refractivity contribution in [1.82, 2.24) is 0 Å². The molecule has 7 heteroatoms. The molecule has 7 nitrogen and oxygen atoms in total. The molecule has 1 aliphatic carbocycles. The molecular weight excluding hydrogens is 350 g/mol. The Hall–Kier alpha value is -1.89. The highest BCUT2D eigenvalue weighted by molar-refractivity contribution is 5.61. The van der Waals surface area contributed by atoms with Crippen molar-refractivity contribution >= 4 is 6.16 Å². The summed E-state index contributed by atoms with van der Waals surface area (Å²) in [5.41, 5.74) is -0.0185. The smallest absolute Gasteiger partial charge is 0.434 e. The highest BCUT2D eigenvalue weighted by Gasteiger charge is 2.23. The number of nitrogens with zero attached hydrogens (tertiary/aromatic N) is 1. The minimum absolute atomic E-state index is 0.108. The SMILES string of the molecule is CCCC(C)(C)CCOC(C)(C)CCOC(=O)OC1=CC=C([N+](=O)[O-])CC1. The summed E-state index contributed by atoms with van der Waals surface area (Å²) in [6.07, 6.45) is 6.41. The van der Waals surface area contributed by atoms with E-state index in [1.54, 1.807) is 0 Å². The van der Waals surface area contributed by atoms with Crippen LogP contribution in [-0.4, -0.2) is 29.9 Å². The van der Waals surface area contributed by atoms with Crippen molar-refractivity contribution in [2.75, 3.05) is 13.2 Å². The van der Waals surface area contributed by atoms with Crippen LogP contribution in [0.4, 0.5) is 4.79 Å². The summed E-state index contributed by atoms with van der Waals surface area (Å²) < 4.78 is 16.1. The van der Waals surface area contributed by atoms with E-state index in [-0.39, 0.29) is 24.1 Å². The zero-order valence-electron chi connectivity index (χ0n) is 17.2. The zero-order chi connectivity index (χ0) is 20.5. The van der Waals surface area contributed by atoms with E-state index in [4.69, 9.17) is 14.2 Å². The average Bonchev–Trinajstić information content (AvgIpc) is 2.54. The van der Waals surface area contributed by atoms with Gasteiger partial charge in [0.25, 0.3) is 0 Å². The third-order valence-corrected chi connectivity index (χ3v) is 4.66. The second kappa shape index (κ2) is 10.4. The zero-order valence-corrected chi connectivity index (χ0v) is 17.2. The van der Waals surface area contributed by atoms with Gasteiger partial charge in [-0.15, -0.1) is 0 Å². The number of ether oxygens (including phenoxy) is 3. The topological polar surface area (TPSA) is 87.9 Å². The maximum atomic E-state index is 11.7. The summed E-state index contributed by atoms with van der Waals surface area (Å²) in [5.74, 6) is 0.374. The van der Waals surface area contributed by atoms with Gasteiger partial charge in [-0.3, -0.25) is 10.1 Å². The van der Waals surface area contributed by atoms with Gasteiger partial charge in [0.05, 0.1) is 17.1 Å². The first-order chi connectivity index (χ1) is 12.5. The third-order valence-electron chi connectivity index (χ3n) is 4.66. The summed E-state index contributed by atoms with van der Waals surface area (Å²) >= 11 is 0. The second-order valence-corrected chi connectivity index (χ2v) is 8.27. The summed E-state index contributed by atoms with van der Waals surface area (Å²) in [7, 11) is 0. The Labute approximate surface area is 161 Å². The number of nitro groups is 1. The summed E-state index contributed by atoms with van der Waals surface area (Å²) in [6.45, 7) is 11.5. The van der Waals surface area contributed by atoms with E-state index in [1.807, 2.05) is 13.8 Å². The van der Waals surface area contributed by atoms with E-state index in [2.05, 4.69) is 20.8 Å². The molecule has 1 aliphatic rings. The van der Waals surface area contributed by atoms with Crippen LogP contribution in [0.2, 0.25) is 0 Å². The van der Waals surface area contributed by atoms with Crippen molar-refractivity contribution < 1.29 is 23.9 Å². The van der Waals surface area contributed by atoms with Crippen LogP contribution in [0.25, 0.3) is 0 Å². The molecule has 0 radical (unpaired) electrons. The Kier molecular flexibility index (Phi) is 8.96. The Balaban J connectivity index is 2.29. The first-order valence-electron chi connectivity index (χ1n) is 9.57. The van der Waals surface area contributed by atoms with Crippen molar-refractivity contribution in [3.8, 4) is 0 Å². The number of carbonyl (C=O) groups excluding carboxylic acids is 1. The van der Waals surface area contributed by atoms with Crippen LogP contribution in [-0.2, 0) is 14.2 Å². The van der Waals surface area contributed by atoms with Crippen LogP contribution in [0.15, 0.2) is 23.6 Å². The van der Waals surface area contributed by atoms with E-state index >= 15 is 0 Å². The van der Waals surface area contributed by atoms with Crippen LogP contribution in [0.5, 0.6) is 0 Å². The normalized spacial score (nSPS) is 15.0. The molecule has 1 rings (SSSR count). The Morgan fingerprint density at radius 3 is 2.37 bits per heavy atom. The van der Waals surface area contributed by atoms with Gasteiger partial charge in [0.1, 0.15) is 5.76 Å². The molecule has 0 saturated carbocycles. The van der Waals surface area contributed by atoms with Gasteiger partial charge in [-0.2, -0.15) is 0 Å². The average molecular weight is 383 g/mol. The van der Waals surface area contributed by atoms with Crippen LogP contribution in [0, 0.1) is 15.5 Å². The molecule has 0 saturated heterocycles. The predicted molar refractivity (Wildman–Crippen MR) is 103 cm³/mol. The standard InChI is InChI=1S/C20H33NO6/c1-6-11-19(2,3)12-15-26-20(4,5)13-14-25-18(22)27-17-9-7-16(8-10-17)21(23)24/h7,9H,6,8,10-15H2,1-5H3. The molecule has 0 bridgehead atoms. The van der Waals surface area contributed by atoms with Crippen molar-refractivity contribution in [3.05, 3.63) is 33.7 Å². The van der Waals surface area contributed by atoms with Crippen LogP contribution < -0.4 is 0 Å². The van der Waals surface area contributed by atoms with Gasteiger partial charge in [0.15, 0.2) is 0 Å². The van der Waals surface area contributed by atoms with Crippen molar-refractivity contribution in [2.45, 2.75) is 78.7 Å². The van der Waals surface area contributed by atoms with Crippen LogP contribution >= 0.6 is 0 Å². The molecule has 0 fully saturated rings. The van der Waals surface area contributed by atoms with Gasteiger partial charge in [0, 0.05) is 31.9 Å². The minimum Gasteiger partial charge on any atom is -0.434 e. The summed E-state index contributed by atoms with van der Waals surface area (Å²) in [6, 6.07) is 0. The van der Waals surface area contributed by atoms with Gasteiger partial charge in [-0.05, 0) is 38.2 Å². The van der Waals surface area contributed by atoms with Crippen LogP contribution in [0.1, 0.15) is 73.1 Å². The Morgan fingerprint density at radius 2 is 1.81 bits per heavy atom. The number of hydrogen-bond donors (Lipinski definition) is 0. The lowest BCUT2D eigenvalue weighted by Crippen LogP contribution is -2.29. The molecule has 0 aliphatic heterocycles. The van der Waals surface area contributed by atoms with E-state index in [9.17, 15) is 14.9 Å². The third kappa shape index (κ3) is 9.56. The fourth-order valence-corrected chi connectivity index (χ4v) is 2.84. The molecule has 0 aromatic carbocycles. The molecule has 0 spiro atoms. The van der Waals surface area contributed by atoms with E-state index in [1.165, 1.54) is 18.6 Å². The van der Waals surface area contributed by atoms with E-state index in [0.717, 1.165) is 12.8 Å². The molecule has 0 atom stereocenters. The maximum Gasteiger partial charge on any atom is 0.513 e. The molecule has 154 valence electrons. The van der Waals surface area contributed by atoms with Gasteiger partial charge in [0.2, 0.25) is 5.70 Å². The summed E-state index contributed by atoms with van der Waals surface area (Å²) in [4.78, 5) is 22.0. The maximum absolute atomic E-state index is 11.7. The number of carbonyl (C=O) groups is 1. The first-order valence-corrected chi connectivity index (χ1v) is 9.57.